The molecule has 0 aromatic carbocycles. The van der Waals surface area contributed by atoms with Gasteiger partial charge < -0.3 is 5.11 Å². The molecule has 0 saturated heterocycles. The van der Waals surface area contributed by atoms with Gasteiger partial charge in [-0.3, -0.25) is 0 Å². The summed E-state index contributed by atoms with van der Waals surface area (Å²) in [4.78, 5) is 0. The molecule has 0 aliphatic heterocycles. The SMILES string of the molecule is C[C@H](CC1CCCC1)[C@H]1CC=C2C3=C(CC[C@@]21C)[C@@]1(C)CC[C@H](O)C[C@@H]1CC3. The van der Waals surface area contributed by atoms with Crippen molar-refractivity contribution in [2.45, 2.75) is 110 Å². The van der Waals surface area contributed by atoms with Crippen molar-refractivity contribution in [3.8, 4) is 0 Å². The number of hydrogen-bond acceptors (Lipinski definition) is 1. The molecule has 0 spiro atoms. The van der Waals surface area contributed by atoms with Crippen molar-refractivity contribution < 1.29 is 5.11 Å². The number of aliphatic hydroxyl groups excluding tert-OH is 1. The highest BCUT2D eigenvalue weighted by atomic mass is 16.3. The summed E-state index contributed by atoms with van der Waals surface area (Å²) in [6, 6.07) is 0. The molecule has 0 heterocycles. The van der Waals surface area contributed by atoms with E-state index in [2.05, 4.69) is 26.8 Å². The summed E-state index contributed by atoms with van der Waals surface area (Å²) in [5, 5.41) is 10.2. The third-order valence-electron chi connectivity index (χ3n) is 10.3. The minimum atomic E-state index is -0.0411. The standard InChI is InChI=1S/C27H42O/c1-18(16-19-6-4-5-7-19)23-10-11-24-22-9-8-20-17-21(28)12-14-26(20,2)25(22)13-15-27(23,24)3/h11,18-21,23,28H,4-10,12-17H2,1-3H3/t18-,20+,21+,23-,26+,27-/m1/s1. The van der Waals surface area contributed by atoms with Crippen LogP contribution in [-0.2, 0) is 0 Å². The number of allylic oxidation sites excluding steroid dienone is 4. The zero-order valence-corrected chi connectivity index (χ0v) is 18.6. The van der Waals surface area contributed by atoms with E-state index in [1.165, 1.54) is 70.6 Å². The Morgan fingerprint density at radius 2 is 1.82 bits per heavy atom. The van der Waals surface area contributed by atoms with E-state index in [0.29, 0.717) is 10.8 Å². The Morgan fingerprint density at radius 1 is 1.04 bits per heavy atom. The third-order valence-corrected chi connectivity index (χ3v) is 10.3. The first kappa shape index (κ1) is 19.4. The fourth-order valence-corrected chi connectivity index (χ4v) is 8.67. The van der Waals surface area contributed by atoms with E-state index in [9.17, 15) is 5.11 Å². The zero-order chi connectivity index (χ0) is 19.5. The molecule has 28 heavy (non-hydrogen) atoms. The minimum Gasteiger partial charge on any atom is -0.393 e. The molecule has 0 aromatic rings. The van der Waals surface area contributed by atoms with Gasteiger partial charge in [0.25, 0.3) is 0 Å². The van der Waals surface area contributed by atoms with Crippen LogP contribution in [0.2, 0.25) is 0 Å². The second-order valence-electron chi connectivity index (χ2n) is 11.8. The lowest BCUT2D eigenvalue weighted by molar-refractivity contribution is 0.0224. The van der Waals surface area contributed by atoms with Gasteiger partial charge in [0, 0.05) is 0 Å². The summed E-state index contributed by atoms with van der Waals surface area (Å²) >= 11 is 0. The van der Waals surface area contributed by atoms with Crippen molar-refractivity contribution in [1.29, 1.82) is 0 Å². The van der Waals surface area contributed by atoms with E-state index < -0.39 is 0 Å². The van der Waals surface area contributed by atoms with Gasteiger partial charge in [-0.1, -0.05) is 58.1 Å². The van der Waals surface area contributed by atoms with E-state index in [0.717, 1.165) is 36.5 Å². The summed E-state index contributed by atoms with van der Waals surface area (Å²) in [5.41, 5.74) is 6.21. The Balaban J connectivity index is 1.39. The zero-order valence-electron chi connectivity index (χ0n) is 18.6. The van der Waals surface area contributed by atoms with Gasteiger partial charge in [-0.15, -0.1) is 0 Å². The summed E-state index contributed by atoms with van der Waals surface area (Å²) in [6.07, 6.45) is 20.0. The van der Waals surface area contributed by atoms with Gasteiger partial charge in [0.05, 0.1) is 6.10 Å². The predicted octanol–water partition coefficient (Wildman–Crippen LogP) is 7.21. The lowest BCUT2D eigenvalue weighted by atomic mass is 9.51. The Kier molecular flexibility index (Phi) is 4.85. The maximum atomic E-state index is 10.2. The second-order valence-corrected chi connectivity index (χ2v) is 11.8. The molecule has 0 unspecified atom stereocenters. The number of aliphatic hydroxyl groups is 1. The van der Waals surface area contributed by atoms with E-state index in [1.54, 1.807) is 11.1 Å². The first-order chi connectivity index (χ1) is 13.4. The summed E-state index contributed by atoms with van der Waals surface area (Å²) < 4.78 is 0. The highest BCUT2D eigenvalue weighted by Gasteiger charge is 2.53. The van der Waals surface area contributed by atoms with E-state index in [1.807, 2.05) is 5.57 Å². The summed E-state index contributed by atoms with van der Waals surface area (Å²) in [5.74, 6) is 3.49. The fourth-order valence-electron chi connectivity index (χ4n) is 8.67. The van der Waals surface area contributed by atoms with Crippen LogP contribution in [0.1, 0.15) is 104 Å². The van der Waals surface area contributed by atoms with Crippen molar-refractivity contribution in [3.63, 3.8) is 0 Å². The predicted molar refractivity (Wildman–Crippen MR) is 117 cm³/mol. The molecule has 0 aromatic heterocycles. The Morgan fingerprint density at radius 3 is 2.61 bits per heavy atom. The van der Waals surface area contributed by atoms with Gasteiger partial charge >= 0.3 is 0 Å². The van der Waals surface area contributed by atoms with E-state index in [-0.39, 0.29) is 6.10 Å². The highest BCUT2D eigenvalue weighted by Crippen LogP contribution is 2.64. The molecule has 2 saturated carbocycles. The van der Waals surface area contributed by atoms with Gasteiger partial charge in [-0.05, 0) is 103 Å². The van der Waals surface area contributed by atoms with Gasteiger partial charge in [-0.25, -0.2) is 0 Å². The first-order valence-corrected chi connectivity index (χ1v) is 12.5. The van der Waals surface area contributed by atoms with Gasteiger partial charge in [0.2, 0.25) is 0 Å². The molecule has 0 amide bonds. The topological polar surface area (TPSA) is 20.2 Å². The summed E-state index contributed by atoms with van der Waals surface area (Å²) in [7, 11) is 0. The largest absolute Gasteiger partial charge is 0.393 e. The average molecular weight is 383 g/mol. The molecule has 5 aliphatic rings. The third kappa shape index (κ3) is 2.90. The molecule has 5 aliphatic carbocycles. The molecule has 156 valence electrons. The van der Waals surface area contributed by atoms with Crippen molar-refractivity contribution in [2.24, 2.45) is 34.5 Å². The maximum Gasteiger partial charge on any atom is 0.0543 e. The molecule has 0 radical (unpaired) electrons. The van der Waals surface area contributed by atoms with E-state index in [4.69, 9.17) is 0 Å². The van der Waals surface area contributed by atoms with Crippen LogP contribution in [0.5, 0.6) is 0 Å². The van der Waals surface area contributed by atoms with Crippen molar-refractivity contribution in [2.75, 3.05) is 0 Å². The quantitative estimate of drug-likeness (QED) is 0.547. The van der Waals surface area contributed by atoms with Crippen LogP contribution in [0.4, 0.5) is 0 Å². The average Bonchev–Trinajstić information content (AvgIpc) is 3.29. The first-order valence-electron chi connectivity index (χ1n) is 12.5. The molecule has 1 N–H and O–H groups in total. The molecule has 1 heteroatoms. The molecular formula is C27H42O. The Bertz CT molecular complexity index is 680. The lowest BCUT2D eigenvalue weighted by Gasteiger charge is -2.54. The smallest absolute Gasteiger partial charge is 0.0543 e. The van der Waals surface area contributed by atoms with Crippen molar-refractivity contribution in [1.82, 2.24) is 0 Å². The van der Waals surface area contributed by atoms with Gasteiger partial charge in [-0.2, -0.15) is 0 Å². The number of hydrogen-bond donors (Lipinski definition) is 1. The molecule has 2 fully saturated rings. The Hall–Kier alpha value is -0.560. The van der Waals surface area contributed by atoms with Crippen LogP contribution in [0.25, 0.3) is 0 Å². The van der Waals surface area contributed by atoms with Crippen molar-refractivity contribution >= 4 is 0 Å². The number of fused-ring (bicyclic) bond motifs is 4. The fraction of sp³-hybridized carbons (Fsp3) is 0.852. The molecule has 0 bridgehead atoms. The highest BCUT2D eigenvalue weighted by molar-refractivity contribution is 5.49. The molecule has 5 rings (SSSR count). The summed E-state index contributed by atoms with van der Waals surface area (Å²) in [6.45, 7) is 7.76. The molecule has 1 nitrogen and oxygen atoms in total. The van der Waals surface area contributed by atoms with Crippen LogP contribution >= 0.6 is 0 Å². The minimum absolute atomic E-state index is 0.0411. The van der Waals surface area contributed by atoms with Crippen LogP contribution < -0.4 is 0 Å². The van der Waals surface area contributed by atoms with Crippen LogP contribution in [-0.4, -0.2) is 11.2 Å². The van der Waals surface area contributed by atoms with Gasteiger partial charge in [0.15, 0.2) is 0 Å². The molecule has 6 atom stereocenters. The lowest BCUT2D eigenvalue weighted by Crippen LogP contribution is -2.44. The van der Waals surface area contributed by atoms with Gasteiger partial charge in [0.1, 0.15) is 0 Å². The second kappa shape index (κ2) is 7.00. The van der Waals surface area contributed by atoms with Crippen LogP contribution in [0.3, 0.4) is 0 Å². The van der Waals surface area contributed by atoms with E-state index >= 15 is 0 Å². The maximum absolute atomic E-state index is 10.2. The number of rotatable bonds is 3. The van der Waals surface area contributed by atoms with Crippen LogP contribution in [0.15, 0.2) is 22.8 Å². The Labute approximate surface area is 173 Å². The molecular weight excluding hydrogens is 340 g/mol. The van der Waals surface area contributed by atoms with Crippen LogP contribution in [0, 0.1) is 34.5 Å². The van der Waals surface area contributed by atoms with Crippen molar-refractivity contribution in [3.05, 3.63) is 22.8 Å². The normalized spacial score (nSPS) is 44.7. The monoisotopic (exact) mass is 382 g/mol.